The number of H-pyrrole nitrogens is 2. The van der Waals surface area contributed by atoms with Crippen LogP contribution >= 0.6 is 0 Å². The van der Waals surface area contributed by atoms with Crippen LogP contribution in [0.5, 0.6) is 0 Å². The number of carboxylic acid groups (broad SMARTS) is 1. The van der Waals surface area contributed by atoms with Crippen LogP contribution in [0.15, 0.2) is 158 Å². The second kappa shape index (κ2) is 29.4. The minimum Gasteiger partial charge on any atom is -0.480 e. The highest BCUT2D eigenvalue weighted by atomic mass is 16.4. The molecule has 2 atom stereocenters. The van der Waals surface area contributed by atoms with Crippen molar-refractivity contribution in [3.05, 3.63) is 203 Å². The number of aromatic amines is 2. The van der Waals surface area contributed by atoms with Crippen LogP contribution in [-0.2, 0) is 43.4 Å². The van der Waals surface area contributed by atoms with Crippen molar-refractivity contribution in [1.29, 1.82) is 5.41 Å². The summed E-state index contributed by atoms with van der Waals surface area (Å²) in [5.74, 6) is -4.48. The molecule has 19 nitrogen and oxygen atoms in total. The molecule has 12 N–H and O–H groups in total. The largest absolute Gasteiger partial charge is 0.480 e. The third-order valence-electron chi connectivity index (χ3n) is 15.5. The van der Waals surface area contributed by atoms with Crippen LogP contribution in [0.4, 0.5) is 0 Å². The zero-order valence-corrected chi connectivity index (χ0v) is 49.0. The first-order chi connectivity index (χ1) is 43.3. The summed E-state index contributed by atoms with van der Waals surface area (Å²) in [4.78, 5) is 96.0. The minimum atomic E-state index is -1.55. The Morgan fingerprint density at radius 3 is 1.54 bits per heavy atom. The molecule has 8 bridgehead atoms. The predicted molar refractivity (Wildman–Crippen MR) is 347 cm³/mol. The fraction of sp³-hybridized carbons (Fsp3) is 0.214. The van der Waals surface area contributed by atoms with Gasteiger partial charge >= 0.3 is 5.97 Å². The lowest BCUT2D eigenvalue weighted by Gasteiger charge is -2.19. The highest BCUT2D eigenvalue weighted by Gasteiger charge is 2.27. The number of carboxylic acids is 1. The molecule has 0 aliphatic carbocycles. The van der Waals surface area contributed by atoms with Crippen molar-refractivity contribution >= 4 is 76.8 Å². The van der Waals surface area contributed by atoms with Gasteiger partial charge in [-0.05, 0) is 115 Å². The number of nitrogens with two attached hydrogens (primary N) is 1. The number of amides is 5. The number of unbranched alkanes of at least 4 members (excludes halogenated alkanes) is 2. The van der Waals surface area contributed by atoms with Crippen LogP contribution in [0.1, 0.15) is 95.0 Å². The predicted octanol–water partition coefficient (Wildman–Crippen LogP) is 9.26. The molecule has 5 heterocycles. The molecule has 5 aromatic carbocycles. The second-order valence-corrected chi connectivity index (χ2v) is 21.8. The maximum Gasteiger partial charge on any atom is 0.326 e. The molecule has 0 spiro atoms. The summed E-state index contributed by atoms with van der Waals surface area (Å²) in [5.41, 5.74) is 21.7. The number of aromatic nitrogens is 4. The lowest BCUT2D eigenvalue weighted by atomic mass is 9.99. The Morgan fingerprint density at radius 1 is 0.506 bits per heavy atom. The zero-order valence-electron chi connectivity index (χ0n) is 49.0. The Kier molecular flexibility index (Phi) is 20.2. The monoisotopic (exact) mass is 1190 g/mol. The van der Waals surface area contributed by atoms with Gasteiger partial charge in [-0.2, -0.15) is 0 Å². The van der Waals surface area contributed by atoms with Gasteiger partial charge in [-0.3, -0.25) is 29.4 Å². The number of aliphatic carboxylic acids is 1. The van der Waals surface area contributed by atoms with Gasteiger partial charge in [-0.25, -0.2) is 14.8 Å². The van der Waals surface area contributed by atoms with Crippen LogP contribution in [0.2, 0.25) is 0 Å². The molecule has 0 radical (unpaired) electrons. The maximum absolute atomic E-state index is 13.7. The van der Waals surface area contributed by atoms with E-state index in [1.807, 2.05) is 60.7 Å². The summed E-state index contributed by atoms with van der Waals surface area (Å²) >= 11 is 0. The number of carbonyl (C=O) groups is 6. The zero-order chi connectivity index (χ0) is 62.1. The van der Waals surface area contributed by atoms with Crippen molar-refractivity contribution in [2.24, 2.45) is 5.73 Å². The lowest BCUT2D eigenvalue weighted by Crippen LogP contribution is -2.51. The second-order valence-electron chi connectivity index (χ2n) is 21.8. The Hall–Kier alpha value is -10.9. The fourth-order valence-corrected chi connectivity index (χ4v) is 11.1. The van der Waals surface area contributed by atoms with Gasteiger partial charge in [-0.1, -0.05) is 140 Å². The lowest BCUT2D eigenvalue weighted by molar-refractivity contribution is -0.143. The number of rotatable bonds is 25. The molecule has 89 heavy (non-hydrogen) atoms. The first kappa shape index (κ1) is 61.1. The SMILES string of the molecule is N=C(N)NCCC[C@H](NC(=O)CCCCCNC(=O)c1ccc(-c2c3nc(c(-c4ccccc4)c4[nH]c(c(-c5ccccc5)c5nc(c(-c6ccccc6)c6ccc2[nH]6)C=C5)CC4)C=C3)cc1)C(=O)NCC(=O)N[C@@H](CC(=O)NCc1ccccc1)C(=O)O. The van der Waals surface area contributed by atoms with Crippen molar-refractivity contribution in [2.45, 2.75) is 76.4 Å². The molecule has 2 aromatic heterocycles. The fourth-order valence-electron chi connectivity index (χ4n) is 11.1. The molecular weight excluding hydrogens is 1120 g/mol. The highest BCUT2D eigenvalue weighted by Crippen LogP contribution is 2.39. The molecule has 452 valence electrons. The summed E-state index contributed by atoms with van der Waals surface area (Å²) < 4.78 is 0. The van der Waals surface area contributed by atoms with Gasteiger partial charge in [0.25, 0.3) is 5.91 Å². The van der Waals surface area contributed by atoms with Crippen LogP contribution in [-0.4, -0.2) is 98.2 Å². The average molecular weight is 1190 g/mol. The highest BCUT2D eigenvalue weighted by molar-refractivity contribution is 5.99. The van der Waals surface area contributed by atoms with E-state index in [1.165, 1.54) is 0 Å². The van der Waals surface area contributed by atoms with Crippen molar-refractivity contribution in [2.75, 3.05) is 19.6 Å². The first-order valence-electron chi connectivity index (χ1n) is 29.8. The molecular formula is C70H70N12O7. The third kappa shape index (κ3) is 15.9. The van der Waals surface area contributed by atoms with E-state index < -0.39 is 54.6 Å². The number of hydrogen-bond donors (Lipinski definition) is 11. The molecule has 0 unspecified atom stereocenters. The van der Waals surface area contributed by atoms with Gasteiger partial charge in [-0.15, -0.1) is 0 Å². The third-order valence-corrected chi connectivity index (χ3v) is 15.5. The molecule has 10 rings (SSSR count). The van der Waals surface area contributed by atoms with Crippen molar-refractivity contribution in [3.63, 3.8) is 0 Å². The van der Waals surface area contributed by atoms with E-state index >= 15 is 0 Å². The summed E-state index contributed by atoms with van der Waals surface area (Å²) in [6.45, 7) is 0.150. The first-order valence-corrected chi connectivity index (χ1v) is 29.8. The number of nitrogens with zero attached hydrogens (tertiary/aromatic N) is 2. The van der Waals surface area contributed by atoms with E-state index in [9.17, 15) is 33.9 Å². The number of benzene rings is 5. The Bertz CT molecular complexity index is 4010. The number of fused-ring (bicyclic) bond motifs is 8. The standard InChI is InChI=1S/C70H70N12O7/c71-70(72)74-40-16-25-58(68(87)76-43-62(85)82-59(69(88)89)41-61(84)75-42-44-17-6-1-7-18-44)81-60(83)26-14-5-15-39-73-67(86)49-29-27-48(28-30-49)66-56-37-35-54(79-56)64(46-21-10-3-11-22-46)52-33-31-50(77-52)63(45-19-8-2-9-20-45)51-32-34-53(78-51)65(47-23-12-4-13-24-47)55-36-38-57(66)80-55/h1-4,6-13,17-24,27-31,33,35-38,58-59,78-79H,5,14-16,25-26,32,34,39-43H2,(H,73,86)(H,75,84)(H,76,87)(H,81,83)(H,82,85)(H,88,89)(H4,71,72,74)/t58-,59-/m0/s1. The summed E-state index contributed by atoms with van der Waals surface area (Å²) in [6, 6.07) is 49.1. The van der Waals surface area contributed by atoms with E-state index in [1.54, 1.807) is 36.4 Å². The molecule has 3 aliphatic heterocycles. The molecule has 0 fully saturated rings. The van der Waals surface area contributed by atoms with Crippen LogP contribution < -0.4 is 37.6 Å². The topological polar surface area (TPSA) is 302 Å². The van der Waals surface area contributed by atoms with Crippen LogP contribution in [0.25, 0.3) is 79.8 Å². The van der Waals surface area contributed by atoms with Crippen molar-refractivity contribution in [3.8, 4) is 44.5 Å². The summed E-state index contributed by atoms with van der Waals surface area (Å²) in [6.07, 6.45) is 11.5. The van der Waals surface area contributed by atoms with Gasteiger partial charge in [0.15, 0.2) is 5.96 Å². The quantitative estimate of drug-likeness (QED) is 0.0146. The molecule has 0 saturated carbocycles. The number of carbonyl (C=O) groups excluding carboxylic acids is 5. The number of guanidine groups is 1. The number of nitrogens with one attached hydrogen (secondary N) is 9. The normalized spacial score (nSPS) is 12.4. The summed E-state index contributed by atoms with van der Waals surface area (Å²) in [5, 5.41) is 32.9. The smallest absolute Gasteiger partial charge is 0.326 e. The summed E-state index contributed by atoms with van der Waals surface area (Å²) in [7, 11) is 0. The molecule has 3 aliphatic rings. The molecule has 0 saturated heterocycles. The van der Waals surface area contributed by atoms with E-state index in [2.05, 4.69) is 127 Å². The van der Waals surface area contributed by atoms with Gasteiger partial charge in [0.05, 0.1) is 35.7 Å². The van der Waals surface area contributed by atoms with Crippen molar-refractivity contribution < 1.29 is 33.9 Å². The number of aryl methyl sites for hydroxylation is 2. The van der Waals surface area contributed by atoms with E-state index in [4.69, 9.17) is 21.1 Å². The average Bonchev–Trinajstić information content (AvgIpc) is 1.89. The van der Waals surface area contributed by atoms with Crippen molar-refractivity contribution in [1.82, 2.24) is 51.8 Å². The minimum absolute atomic E-state index is 0.0750. The van der Waals surface area contributed by atoms with E-state index in [0.29, 0.717) is 37.8 Å². The number of hydrogen-bond acceptors (Lipinski definition) is 9. The maximum atomic E-state index is 13.7. The van der Waals surface area contributed by atoms with Gasteiger partial charge in [0.1, 0.15) is 12.1 Å². The van der Waals surface area contributed by atoms with Crippen LogP contribution in [0, 0.1) is 5.41 Å². The van der Waals surface area contributed by atoms with E-state index in [0.717, 1.165) is 108 Å². The molecule has 7 aromatic rings. The van der Waals surface area contributed by atoms with Gasteiger partial charge in [0.2, 0.25) is 23.6 Å². The van der Waals surface area contributed by atoms with Crippen LogP contribution in [0.3, 0.4) is 0 Å². The van der Waals surface area contributed by atoms with E-state index in [-0.39, 0.29) is 37.8 Å². The molecule has 5 amide bonds. The Balaban J connectivity index is 0.807. The molecule has 19 heteroatoms. The van der Waals surface area contributed by atoms with Gasteiger partial charge < -0.3 is 52.7 Å². The Morgan fingerprint density at radius 2 is 1.00 bits per heavy atom. The van der Waals surface area contributed by atoms with Gasteiger partial charge in [0, 0.05) is 76.3 Å². The Labute approximate surface area is 515 Å².